The van der Waals surface area contributed by atoms with Crippen molar-refractivity contribution in [3.63, 3.8) is 0 Å². The van der Waals surface area contributed by atoms with Crippen LogP contribution in [0.2, 0.25) is 0 Å². The summed E-state index contributed by atoms with van der Waals surface area (Å²) >= 11 is 0. The van der Waals surface area contributed by atoms with Crippen LogP contribution in [0, 0.1) is 27.9 Å². The van der Waals surface area contributed by atoms with Gasteiger partial charge >= 0.3 is 5.97 Å². The van der Waals surface area contributed by atoms with Gasteiger partial charge < -0.3 is 15.4 Å². The number of carbonyl (C=O) groups is 3. The first-order chi connectivity index (χ1) is 14.3. The normalized spacial score (nSPS) is 28.6. The first-order valence-electron chi connectivity index (χ1n) is 10.3. The first kappa shape index (κ1) is 20.3. The van der Waals surface area contributed by atoms with Crippen molar-refractivity contribution in [3.8, 4) is 0 Å². The van der Waals surface area contributed by atoms with Gasteiger partial charge in [0.15, 0.2) is 6.61 Å². The Balaban J connectivity index is 1.21. The zero-order valence-electron chi connectivity index (χ0n) is 16.6. The third-order valence-corrected chi connectivity index (χ3v) is 6.52. The number of esters is 1. The molecule has 0 radical (unpaired) electrons. The molecule has 30 heavy (non-hydrogen) atoms. The lowest BCUT2D eigenvalue weighted by Gasteiger charge is -2.56. The standard InChI is InChI=1S/C21H25N3O6/c25-18(23-21-8-13-4-14(9-21)6-15(5-13)10-21)12-30-19(26)11-22-20(27)16-2-1-3-17(7-16)24(28)29/h1-3,7,13-15H,4-6,8-12H2,(H,22,27)(H,23,25). The SMILES string of the molecule is O=C(COC(=O)CNC(=O)c1cccc([N+](=O)[O-])c1)NC12CC3CC(CC(C3)C1)C2. The Morgan fingerprint density at radius 3 is 2.33 bits per heavy atom. The van der Waals surface area contributed by atoms with Gasteiger partial charge in [0.05, 0.1) is 4.92 Å². The maximum absolute atomic E-state index is 12.4. The van der Waals surface area contributed by atoms with Crippen molar-refractivity contribution in [2.75, 3.05) is 13.2 Å². The van der Waals surface area contributed by atoms with E-state index in [4.69, 9.17) is 4.74 Å². The summed E-state index contributed by atoms with van der Waals surface area (Å²) in [6, 6.07) is 5.19. The minimum Gasteiger partial charge on any atom is -0.454 e. The molecule has 160 valence electrons. The molecule has 4 aliphatic carbocycles. The Morgan fingerprint density at radius 1 is 1.10 bits per heavy atom. The topological polar surface area (TPSA) is 128 Å². The van der Waals surface area contributed by atoms with Gasteiger partial charge in [-0.15, -0.1) is 0 Å². The molecule has 1 aromatic rings. The quantitative estimate of drug-likeness (QED) is 0.398. The number of hydrogen-bond donors (Lipinski definition) is 2. The molecule has 0 unspecified atom stereocenters. The molecule has 0 spiro atoms. The Bertz CT molecular complexity index is 848. The Morgan fingerprint density at radius 2 is 1.73 bits per heavy atom. The lowest BCUT2D eigenvalue weighted by molar-refractivity contribution is -0.384. The van der Waals surface area contributed by atoms with E-state index in [9.17, 15) is 24.5 Å². The number of nitro groups is 1. The van der Waals surface area contributed by atoms with Crippen LogP contribution in [0.15, 0.2) is 24.3 Å². The van der Waals surface area contributed by atoms with Crippen LogP contribution in [0.25, 0.3) is 0 Å². The lowest BCUT2D eigenvalue weighted by atomic mass is 9.53. The van der Waals surface area contributed by atoms with Crippen LogP contribution in [-0.4, -0.2) is 41.4 Å². The molecule has 0 saturated heterocycles. The zero-order valence-corrected chi connectivity index (χ0v) is 16.6. The predicted molar refractivity (Wildman–Crippen MR) is 105 cm³/mol. The smallest absolute Gasteiger partial charge is 0.325 e. The molecule has 2 amide bonds. The van der Waals surface area contributed by atoms with Gasteiger partial charge in [0, 0.05) is 23.2 Å². The van der Waals surface area contributed by atoms with Crippen molar-refractivity contribution >= 4 is 23.5 Å². The van der Waals surface area contributed by atoms with E-state index < -0.39 is 23.3 Å². The number of non-ortho nitro benzene ring substituents is 1. The van der Waals surface area contributed by atoms with E-state index in [0.29, 0.717) is 17.8 Å². The van der Waals surface area contributed by atoms with Crippen molar-refractivity contribution in [1.82, 2.24) is 10.6 Å². The van der Waals surface area contributed by atoms with Gasteiger partial charge in [-0.25, -0.2) is 0 Å². The highest BCUT2D eigenvalue weighted by atomic mass is 16.6. The van der Waals surface area contributed by atoms with Gasteiger partial charge in [0.25, 0.3) is 17.5 Å². The summed E-state index contributed by atoms with van der Waals surface area (Å²) in [5, 5.41) is 16.2. The van der Waals surface area contributed by atoms with Crippen molar-refractivity contribution in [2.24, 2.45) is 17.8 Å². The fourth-order valence-electron chi connectivity index (χ4n) is 5.81. The Labute approximate surface area is 173 Å². The molecule has 2 N–H and O–H groups in total. The maximum Gasteiger partial charge on any atom is 0.325 e. The van der Waals surface area contributed by atoms with Gasteiger partial charge in [0.2, 0.25) is 0 Å². The number of nitrogens with zero attached hydrogens (tertiary/aromatic N) is 1. The third kappa shape index (κ3) is 4.44. The van der Waals surface area contributed by atoms with Crippen molar-refractivity contribution in [1.29, 1.82) is 0 Å². The number of hydrogen-bond acceptors (Lipinski definition) is 6. The molecule has 4 aliphatic rings. The number of carbonyl (C=O) groups excluding carboxylic acids is 3. The van der Waals surface area contributed by atoms with Gasteiger partial charge in [-0.2, -0.15) is 0 Å². The zero-order chi connectivity index (χ0) is 21.3. The summed E-state index contributed by atoms with van der Waals surface area (Å²) in [7, 11) is 0. The monoisotopic (exact) mass is 415 g/mol. The average molecular weight is 415 g/mol. The number of benzene rings is 1. The number of amides is 2. The molecule has 9 nitrogen and oxygen atoms in total. The van der Waals surface area contributed by atoms with E-state index in [1.165, 1.54) is 37.5 Å². The number of nitro benzene ring substituents is 1. The summed E-state index contributed by atoms with van der Waals surface area (Å²) in [5.41, 5.74) is -0.294. The van der Waals surface area contributed by atoms with Crippen LogP contribution in [0.3, 0.4) is 0 Å². The van der Waals surface area contributed by atoms with Crippen LogP contribution in [0.1, 0.15) is 48.9 Å². The highest BCUT2D eigenvalue weighted by Gasteiger charge is 2.51. The Hall–Kier alpha value is -2.97. The van der Waals surface area contributed by atoms with Gasteiger partial charge in [0.1, 0.15) is 6.54 Å². The van der Waals surface area contributed by atoms with Crippen LogP contribution in [0.4, 0.5) is 5.69 Å². The van der Waals surface area contributed by atoms with E-state index in [1.807, 2.05) is 0 Å². The Kier molecular flexibility index (Phi) is 5.44. The number of ether oxygens (including phenoxy) is 1. The fourth-order valence-corrected chi connectivity index (χ4v) is 5.81. The molecule has 9 heteroatoms. The third-order valence-electron chi connectivity index (χ3n) is 6.52. The first-order valence-corrected chi connectivity index (χ1v) is 10.3. The molecule has 4 fully saturated rings. The average Bonchev–Trinajstić information content (AvgIpc) is 2.69. The second-order valence-corrected chi connectivity index (χ2v) is 8.90. The largest absolute Gasteiger partial charge is 0.454 e. The van der Waals surface area contributed by atoms with Crippen molar-refractivity contribution < 1.29 is 24.0 Å². The molecule has 4 saturated carbocycles. The second kappa shape index (κ2) is 8.04. The maximum atomic E-state index is 12.4. The molecule has 0 aromatic heterocycles. The summed E-state index contributed by atoms with van der Waals surface area (Å²) < 4.78 is 4.99. The molecule has 5 rings (SSSR count). The number of rotatable bonds is 7. The summed E-state index contributed by atoms with van der Waals surface area (Å²) in [5.74, 6) is 0.410. The molecule has 0 aliphatic heterocycles. The van der Waals surface area contributed by atoms with Crippen LogP contribution in [-0.2, 0) is 14.3 Å². The molecule has 4 bridgehead atoms. The molecule has 0 heterocycles. The minimum atomic E-state index is -0.741. The lowest BCUT2D eigenvalue weighted by Crippen LogP contribution is -2.60. The van der Waals surface area contributed by atoms with Gasteiger partial charge in [-0.1, -0.05) is 6.07 Å². The van der Waals surface area contributed by atoms with E-state index in [2.05, 4.69) is 10.6 Å². The van der Waals surface area contributed by atoms with Gasteiger partial charge in [-0.3, -0.25) is 24.5 Å². The second-order valence-electron chi connectivity index (χ2n) is 8.90. The molecule has 0 atom stereocenters. The summed E-state index contributed by atoms with van der Waals surface area (Å²) in [4.78, 5) is 46.5. The van der Waals surface area contributed by atoms with E-state index >= 15 is 0 Å². The summed E-state index contributed by atoms with van der Waals surface area (Å²) in [6.07, 6.45) is 6.85. The molecular formula is C21H25N3O6. The van der Waals surface area contributed by atoms with Crippen LogP contribution < -0.4 is 10.6 Å². The highest BCUT2D eigenvalue weighted by Crippen LogP contribution is 2.55. The van der Waals surface area contributed by atoms with Crippen LogP contribution >= 0.6 is 0 Å². The van der Waals surface area contributed by atoms with E-state index in [1.54, 1.807) is 0 Å². The van der Waals surface area contributed by atoms with E-state index in [-0.39, 0.29) is 29.3 Å². The van der Waals surface area contributed by atoms with Crippen LogP contribution in [0.5, 0.6) is 0 Å². The highest BCUT2D eigenvalue weighted by molar-refractivity contribution is 5.96. The summed E-state index contributed by atoms with van der Waals surface area (Å²) in [6.45, 7) is -0.806. The molecule has 1 aromatic carbocycles. The minimum absolute atomic E-state index is 0.0663. The van der Waals surface area contributed by atoms with E-state index in [0.717, 1.165) is 25.3 Å². The number of nitrogens with one attached hydrogen (secondary N) is 2. The predicted octanol–water partition coefficient (Wildman–Crippen LogP) is 1.95. The fraction of sp³-hybridized carbons (Fsp3) is 0.571. The van der Waals surface area contributed by atoms with Gasteiger partial charge in [-0.05, 0) is 62.3 Å². The van der Waals surface area contributed by atoms with Crippen molar-refractivity contribution in [3.05, 3.63) is 39.9 Å². The van der Waals surface area contributed by atoms with Crippen molar-refractivity contribution in [2.45, 2.75) is 44.1 Å². The molecular weight excluding hydrogens is 390 g/mol.